The van der Waals surface area contributed by atoms with E-state index in [-0.39, 0.29) is 12.4 Å². The van der Waals surface area contributed by atoms with Gasteiger partial charge >= 0.3 is 0 Å². The van der Waals surface area contributed by atoms with Crippen molar-refractivity contribution in [2.75, 3.05) is 24.6 Å². The Hall–Kier alpha value is 1.23. The zero-order valence-electron chi connectivity index (χ0n) is 27.2. The largest absolute Gasteiger partial charge is 1.00 e. The van der Waals surface area contributed by atoms with E-state index >= 15 is 0 Å². The van der Waals surface area contributed by atoms with E-state index in [1.807, 2.05) is 0 Å². The van der Waals surface area contributed by atoms with Crippen LogP contribution >= 0.6 is 18.3 Å². The summed E-state index contributed by atoms with van der Waals surface area (Å²) in [5.74, 6) is 0. The molecule has 0 amide bonds. The van der Waals surface area contributed by atoms with Crippen LogP contribution in [0, 0.1) is 0 Å². The van der Waals surface area contributed by atoms with E-state index in [0.717, 1.165) is 0 Å². The van der Waals surface area contributed by atoms with Crippen LogP contribution < -0.4 is 12.4 Å². The van der Waals surface area contributed by atoms with Crippen molar-refractivity contribution >= 4 is 25.7 Å². The summed E-state index contributed by atoms with van der Waals surface area (Å²) in [6.07, 6.45) is 41.8. The minimum Gasteiger partial charge on any atom is -1.00 e. The molecule has 0 spiro atoms. The van der Waals surface area contributed by atoms with E-state index in [2.05, 4.69) is 33.9 Å². The first-order chi connectivity index (χ1) is 17.9. The zero-order valence-corrected chi connectivity index (χ0v) is 30.6. The maximum absolute atomic E-state index is 6.52. The number of unbranched alkanes of at least 4 members (excludes halogenated alkanes) is 20. The lowest BCUT2D eigenvalue weighted by atomic mass is 10.1. The lowest BCUT2D eigenvalue weighted by Gasteiger charge is -2.28. The van der Waals surface area contributed by atoms with Gasteiger partial charge in [-0.2, -0.15) is 11.1 Å². The molecule has 0 bridgehead atoms. The van der Waals surface area contributed by atoms with Crippen LogP contribution in [0.4, 0.5) is 0 Å². The van der Waals surface area contributed by atoms with Crippen LogP contribution in [0.3, 0.4) is 0 Å². The minimum atomic E-state index is -1.35. The second-order valence-corrected chi connectivity index (χ2v) is 24.6. The Morgan fingerprint density at radius 1 is 0.395 bits per heavy atom. The molecule has 0 aromatic carbocycles. The number of halogens is 2. The van der Waals surface area contributed by atoms with Gasteiger partial charge < -0.3 is 12.4 Å². The molecule has 0 N–H and O–H groups in total. The molecule has 0 aromatic heterocycles. The fourth-order valence-corrected chi connectivity index (χ4v) is 12.5. The summed E-state index contributed by atoms with van der Waals surface area (Å²) in [4.78, 5) is 0. The molecule has 0 saturated carbocycles. The maximum atomic E-state index is 6.52. The molecule has 0 aromatic rings. The second kappa shape index (κ2) is 29.7. The molecule has 232 valence electrons. The second-order valence-electron chi connectivity index (χ2n) is 13.1. The first kappa shape index (κ1) is 41.4. The molecule has 0 nitrogen and oxygen atoms in total. The average Bonchev–Trinajstić information content (AvgIpc) is 2.86. The van der Waals surface area contributed by atoms with Gasteiger partial charge in [0, 0.05) is 7.26 Å². The third-order valence-corrected chi connectivity index (χ3v) is 15.8. The van der Waals surface area contributed by atoms with Crippen molar-refractivity contribution in [1.82, 2.24) is 0 Å². The highest BCUT2D eigenvalue weighted by Gasteiger charge is 2.35. The third kappa shape index (κ3) is 28.7. The standard InChI is InChI=1S/C34H73ClPSi.ClH/c1-6-9-12-15-20-25-30-36(31-26-21-16-13-10-7-2,32-27-22-17-14-11-8-3)33-28-23-18-19-24-29-34-37(4,5)35;/h6-34H2,1-5H3;1H/q+1;/p-1. The highest BCUT2D eigenvalue weighted by molar-refractivity contribution is 7.75. The van der Waals surface area contributed by atoms with Crippen LogP contribution in [0.25, 0.3) is 0 Å². The summed E-state index contributed by atoms with van der Waals surface area (Å²) in [5, 5.41) is 0. The number of hydrogen-bond acceptors (Lipinski definition) is 0. The topological polar surface area (TPSA) is 0 Å². The summed E-state index contributed by atoms with van der Waals surface area (Å²) in [7, 11) is -2.11. The van der Waals surface area contributed by atoms with Gasteiger partial charge in [-0.25, -0.2) is 0 Å². The van der Waals surface area contributed by atoms with Gasteiger partial charge in [-0.15, -0.1) is 0 Å². The van der Waals surface area contributed by atoms with E-state index in [9.17, 15) is 0 Å². The van der Waals surface area contributed by atoms with Gasteiger partial charge in [0.25, 0.3) is 0 Å². The molecule has 0 saturated heterocycles. The molecular weight excluding hydrogens is 538 g/mol. The van der Waals surface area contributed by atoms with Gasteiger partial charge in [0.1, 0.15) is 7.38 Å². The van der Waals surface area contributed by atoms with E-state index < -0.39 is 14.6 Å². The van der Waals surface area contributed by atoms with Crippen LogP contribution in [-0.2, 0) is 0 Å². The van der Waals surface area contributed by atoms with E-state index in [0.29, 0.717) is 0 Å². The molecule has 0 rings (SSSR count). The van der Waals surface area contributed by atoms with Gasteiger partial charge in [-0.05, 0) is 57.4 Å². The van der Waals surface area contributed by atoms with Crippen molar-refractivity contribution in [3.63, 3.8) is 0 Å². The molecule has 38 heavy (non-hydrogen) atoms. The van der Waals surface area contributed by atoms with Crippen LogP contribution in [0.5, 0.6) is 0 Å². The Kier molecular flexibility index (Phi) is 32.3. The predicted octanol–water partition coefficient (Wildman–Crippen LogP) is 10.9. The van der Waals surface area contributed by atoms with E-state index in [1.165, 1.54) is 141 Å². The Morgan fingerprint density at radius 2 is 0.632 bits per heavy atom. The lowest BCUT2D eigenvalue weighted by Crippen LogP contribution is -3.00. The van der Waals surface area contributed by atoms with Crippen molar-refractivity contribution < 1.29 is 12.4 Å². The van der Waals surface area contributed by atoms with Gasteiger partial charge in [0.05, 0.1) is 24.6 Å². The predicted molar refractivity (Wildman–Crippen MR) is 182 cm³/mol. The summed E-state index contributed by atoms with van der Waals surface area (Å²) >= 11 is 6.52. The Bertz CT molecular complexity index is 411. The average molecular weight is 612 g/mol. The van der Waals surface area contributed by atoms with Gasteiger partial charge in [-0.3, -0.25) is 0 Å². The SMILES string of the molecule is CCCCCCCC[P+](CCCCCCCC)(CCCCCCCC)CCCCCCCC[Si](C)(C)Cl.[Cl-]. The molecule has 0 aliphatic heterocycles. The highest BCUT2D eigenvalue weighted by atomic mass is 35.6. The minimum absolute atomic E-state index is 0. The first-order valence-electron chi connectivity index (χ1n) is 17.4. The Balaban J connectivity index is 0. The summed E-state index contributed by atoms with van der Waals surface area (Å²) in [5.41, 5.74) is 0. The van der Waals surface area contributed by atoms with Crippen LogP contribution in [0.2, 0.25) is 19.1 Å². The van der Waals surface area contributed by atoms with E-state index in [4.69, 9.17) is 11.1 Å². The molecule has 4 heteroatoms. The van der Waals surface area contributed by atoms with Crippen LogP contribution in [0.15, 0.2) is 0 Å². The quantitative estimate of drug-likeness (QED) is 0.0328. The van der Waals surface area contributed by atoms with Crippen molar-refractivity contribution in [3.05, 3.63) is 0 Å². The smallest absolute Gasteiger partial charge is 0.150 e. The van der Waals surface area contributed by atoms with Crippen LogP contribution in [0.1, 0.15) is 175 Å². The fourth-order valence-electron chi connectivity index (χ4n) is 6.05. The highest BCUT2D eigenvalue weighted by Crippen LogP contribution is 2.61. The summed E-state index contributed by atoms with van der Waals surface area (Å²) in [6, 6.07) is 1.30. The monoisotopic (exact) mass is 610 g/mol. The lowest BCUT2D eigenvalue weighted by molar-refractivity contribution is -0.00000844. The molecule has 0 aliphatic rings. The van der Waals surface area contributed by atoms with Crippen molar-refractivity contribution in [3.8, 4) is 0 Å². The molecule has 0 unspecified atom stereocenters. The maximum Gasteiger partial charge on any atom is 0.150 e. The zero-order chi connectivity index (χ0) is 27.5. The Labute approximate surface area is 255 Å². The van der Waals surface area contributed by atoms with Gasteiger partial charge in [-0.1, -0.05) is 137 Å². The molecule has 0 radical (unpaired) electrons. The molecule has 0 fully saturated rings. The third-order valence-electron chi connectivity index (χ3n) is 8.61. The molecular formula is C34H73Cl2PSi. The normalized spacial score (nSPS) is 12.2. The fraction of sp³-hybridized carbons (Fsp3) is 1.00. The number of rotatable bonds is 30. The van der Waals surface area contributed by atoms with Crippen molar-refractivity contribution in [1.29, 1.82) is 0 Å². The van der Waals surface area contributed by atoms with Crippen LogP contribution in [-0.4, -0.2) is 32.0 Å². The van der Waals surface area contributed by atoms with Crippen molar-refractivity contribution in [2.45, 2.75) is 194 Å². The van der Waals surface area contributed by atoms with Gasteiger partial charge in [0.15, 0.2) is 0 Å². The van der Waals surface area contributed by atoms with Crippen molar-refractivity contribution in [2.24, 2.45) is 0 Å². The summed E-state index contributed by atoms with van der Waals surface area (Å²) in [6.45, 7) is 11.6. The number of hydrogen-bond donors (Lipinski definition) is 0. The molecule has 0 aliphatic carbocycles. The summed E-state index contributed by atoms with van der Waals surface area (Å²) < 4.78 is 0. The molecule has 0 atom stereocenters. The Morgan fingerprint density at radius 3 is 0.895 bits per heavy atom. The molecule has 0 heterocycles. The first-order valence-corrected chi connectivity index (χ1v) is 24.2. The van der Waals surface area contributed by atoms with E-state index in [1.54, 1.807) is 43.9 Å². The van der Waals surface area contributed by atoms with Gasteiger partial charge in [0.2, 0.25) is 0 Å².